The molecule has 0 unspecified atom stereocenters. The normalized spacial score (nSPS) is 13.6. The Bertz CT molecular complexity index is 587. The molecule has 0 spiro atoms. The Labute approximate surface area is 126 Å². The van der Waals surface area contributed by atoms with Gasteiger partial charge in [0, 0.05) is 38.1 Å². The summed E-state index contributed by atoms with van der Waals surface area (Å²) in [7, 11) is 0. The van der Waals surface area contributed by atoms with Crippen LogP contribution in [0.2, 0.25) is 0 Å². The van der Waals surface area contributed by atoms with Gasteiger partial charge in [-0.05, 0) is 30.4 Å². The zero-order valence-electron chi connectivity index (χ0n) is 10.2. The second-order valence-corrected chi connectivity index (χ2v) is 4.63. The predicted molar refractivity (Wildman–Crippen MR) is 65.1 cm³/mol. The smallest absolute Gasteiger partial charge is 0.134 e. The molecule has 85 valence electrons. The Morgan fingerprint density at radius 1 is 1.12 bits per heavy atom. The van der Waals surface area contributed by atoms with Gasteiger partial charge in [-0.15, -0.1) is 0 Å². The van der Waals surface area contributed by atoms with Gasteiger partial charge in [0.05, 0.1) is 0 Å². The van der Waals surface area contributed by atoms with Gasteiger partial charge in [0.25, 0.3) is 0 Å². The van der Waals surface area contributed by atoms with Crippen LogP contribution in [0.25, 0.3) is 10.8 Å². The van der Waals surface area contributed by atoms with Crippen LogP contribution >= 0.6 is 0 Å². The molecule has 0 saturated carbocycles. The summed E-state index contributed by atoms with van der Waals surface area (Å²) in [5.41, 5.74) is 4.49. The van der Waals surface area contributed by atoms with Gasteiger partial charge in [-0.25, -0.2) is 4.39 Å². The van der Waals surface area contributed by atoms with Crippen molar-refractivity contribution in [2.45, 2.75) is 26.7 Å². The van der Waals surface area contributed by atoms with Crippen molar-refractivity contribution in [3.05, 3.63) is 52.7 Å². The zero-order valence-corrected chi connectivity index (χ0v) is 13.0. The molecular weight excluding hydrogens is 288 g/mol. The molecule has 1 radical (unpaired) electrons. The molecule has 0 nitrogen and oxygen atoms in total. The predicted octanol–water partition coefficient (Wildman–Crippen LogP) is 3.90. The van der Waals surface area contributed by atoms with Crippen LogP contribution in [-0.2, 0) is 45.6 Å². The maximum Gasteiger partial charge on any atom is 0.134 e. The van der Waals surface area contributed by atoms with E-state index in [2.05, 4.69) is 18.6 Å². The van der Waals surface area contributed by atoms with Gasteiger partial charge >= 0.3 is 0 Å². The molecule has 2 aromatic rings. The minimum absolute atomic E-state index is 0. The third kappa shape index (κ3) is 1.98. The van der Waals surface area contributed by atoms with Crippen molar-refractivity contribution in [3.63, 3.8) is 0 Å². The standard InChI is InChI=1S/C15H14F.Y/c1-9-8-14-12-5-3-4-11(12)6-7-13(14)15(16)10(9)2;/h3,6-8H,4-5H2,1-2H3;/q-1;. The second-order valence-electron chi connectivity index (χ2n) is 4.63. The Morgan fingerprint density at radius 2 is 1.88 bits per heavy atom. The summed E-state index contributed by atoms with van der Waals surface area (Å²) in [6.45, 7) is 3.83. The number of hydrogen-bond acceptors (Lipinski definition) is 0. The Kier molecular flexibility index (Phi) is 3.70. The van der Waals surface area contributed by atoms with E-state index < -0.39 is 0 Å². The topological polar surface area (TPSA) is 0 Å². The molecule has 3 rings (SSSR count). The summed E-state index contributed by atoms with van der Waals surface area (Å²) in [5, 5.41) is 1.88. The Hall–Kier alpha value is -0.266. The van der Waals surface area contributed by atoms with Crippen molar-refractivity contribution in [2.24, 2.45) is 0 Å². The number of rotatable bonds is 0. The molecule has 17 heavy (non-hydrogen) atoms. The molecule has 0 saturated heterocycles. The van der Waals surface area contributed by atoms with E-state index in [1.807, 2.05) is 19.9 Å². The fourth-order valence-corrected chi connectivity index (χ4v) is 2.57. The van der Waals surface area contributed by atoms with Gasteiger partial charge in [-0.1, -0.05) is 29.3 Å². The summed E-state index contributed by atoms with van der Waals surface area (Å²) >= 11 is 0. The van der Waals surface area contributed by atoms with E-state index in [1.165, 1.54) is 11.1 Å². The van der Waals surface area contributed by atoms with E-state index in [4.69, 9.17) is 0 Å². The monoisotopic (exact) mass is 302 g/mol. The molecule has 0 heterocycles. The molecule has 0 N–H and O–H groups in total. The Morgan fingerprint density at radius 3 is 2.65 bits per heavy atom. The van der Waals surface area contributed by atoms with Crippen molar-refractivity contribution in [3.8, 4) is 0 Å². The number of hydrogen-bond donors (Lipinski definition) is 0. The average Bonchev–Trinajstić information content (AvgIpc) is 2.74. The van der Waals surface area contributed by atoms with Crippen LogP contribution in [0.4, 0.5) is 4.39 Å². The van der Waals surface area contributed by atoms with Gasteiger partial charge in [0.2, 0.25) is 0 Å². The third-order valence-electron chi connectivity index (χ3n) is 3.68. The van der Waals surface area contributed by atoms with Crippen LogP contribution in [0.1, 0.15) is 22.3 Å². The summed E-state index contributed by atoms with van der Waals surface area (Å²) in [4.78, 5) is 0. The van der Waals surface area contributed by atoms with Crippen LogP contribution in [0.5, 0.6) is 0 Å². The number of aryl methyl sites for hydroxylation is 1. The molecular formula is C15H14FY-. The third-order valence-corrected chi connectivity index (χ3v) is 3.68. The first kappa shape index (κ1) is 13.2. The first-order valence-electron chi connectivity index (χ1n) is 5.70. The van der Waals surface area contributed by atoms with Crippen molar-refractivity contribution in [1.82, 2.24) is 0 Å². The van der Waals surface area contributed by atoms with Gasteiger partial charge < -0.3 is 6.42 Å². The van der Waals surface area contributed by atoms with Gasteiger partial charge in [-0.2, -0.15) is 12.8 Å². The van der Waals surface area contributed by atoms with Gasteiger partial charge in [0.1, 0.15) is 5.82 Å². The van der Waals surface area contributed by atoms with Crippen molar-refractivity contribution >= 4 is 10.8 Å². The quantitative estimate of drug-likeness (QED) is 0.648. The fraction of sp³-hybridized carbons (Fsp3) is 0.267. The van der Waals surface area contributed by atoms with Crippen LogP contribution in [0.3, 0.4) is 0 Å². The summed E-state index contributed by atoms with van der Waals surface area (Å²) in [6, 6.07) is 6.12. The first-order valence-corrected chi connectivity index (χ1v) is 5.70. The number of halogens is 1. The first-order chi connectivity index (χ1) is 7.68. The molecule has 1 aliphatic rings. The SMILES string of the molecule is Cc1cc2c3c(ccc2c(F)c1C)C[CH-]C3.[Y]. The molecule has 0 aliphatic heterocycles. The molecule has 2 heteroatoms. The van der Waals surface area contributed by atoms with E-state index in [1.54, 1.807) is 0 Å². The fourth-order valence-electron chi connectivity index (χ4n) is 2.57. The van der Waals surface area contributed by atoms with E-state index >= 15 is 0 Å². The van der Waals surface area contributed by atoms with Crippen molar-refractivity contribution in [1.29, 1.82) is 0 Å². The van der Waals surface area contributed by atoms with E-state index in [0.29, 0.717) is 0 Å². The van der Waals surface area contributed by atoms with Crippen molar-refractivity contribution < 1.29 is 37.1 Å². The van der Waals surface area contributed by atoms with Gasteiger partial charge in [-0.3, -0.25) is 0 Å². The van der Waals surface area contributed by atoms with Crippen molar-refractivity contribution in [2.75, 3.05) is 0 Å². The average molecular weight is 302 g/mol. The maximum atomic E-state index is 14.1. The Balaban J connectivity index is 0.00000108. The van der Waals surface area contributed by atoms with Crippen LogP contribution in [0, 0.1) is 26.1 Å². The van der Waals surface area contributed by atoms with E-state index in [9.17, 15) is 4.39 Å². The summed E-state index contributed by atoms with van der Waals surface area (Å²) in [6.07, 6.45) is 4.27. The van der Waals surface area contributed by atoms with E-state index in [0.717, 1.165) is 34.7 Å². The molecule has 0 aromatic heterocycles. The molecule has 0 fully saturated rings. The van der Waals surface area contributed by atoms with Crippen LogP contribution in [-0.4, -0.2) is 0 Å². The minimum Gasteiger partial charge on any atom is -0.320 e. The van der Waals surface area contributed by atoms with Crippen LogP contribution in [0.15, 0.2) is 18.2 Å². The molecule has 0 atom stereocenters. The molecule has 2 aromatic carbocycles. The largest absolute Gasteiger partial charge is 0.320 e. The zero-order chi connectivity index (χ0) is 11.3. The molecule has 0 amide bonds. The minimum atomic E-state index is -0.0512. The summed E-state index contributed by atoms with van der Waals surface area (Å²) in [5.74, 6) is -0.0512. The second kappa shape index (κ2) is 4.78. The van der Waals surface area contributed by atoms with Crippen LogP contribution < -0.4 is 0 Å². The summed E-state index contributed by atoms with van der Waals surface area (Å²) < 4.78 is 14.1. The number of benzene rings is 2. The van der Waals surface area contributed by atoms with E-state index in [-0.39, 0.29) is 38.5 Å². The molecule has 1 aliphatic carbocycles. The molecule has 0 bridgehead atoms. The van der Waals surface area contributed by atoms with Gasteiger partial charge in [0.15, 0.2) is 0 Å². The number of fused-ring (bicyclic) bond motifs is 3. The maximum absolute atomic E-state index is 14.1.